The van der Waals surface area contributed by atoms with Crippen LogP contribution in [-0.4, -0.2) is 30.5 Å². The fourth-order valence-electron chi connectivity index (χ4n) is 2.14. The first-order valence-corrected chi connectivity index (χ1v) is 7.51. The zero-order valence-corrected chi connectivity index (χ0v) is 14.0. The Morgan fingerprint density at radius 1 is 1.19 bits per heavy atom. The van der Waals surface area contributed by atoms with E-state index >= 15 is 0 Å². The number of amides is 1. The molecule has 0 fully saturated rings. The number of anilines is 2. The monoisotopic (exact) mass is 361 g/mol. The zero-order chi connectivity index (χ0) is 19.3. The van der Waals surface area contributed by atoms with Gasteiger partial charge in [-0.1, -0.05) is 6.07 Å². The van der Waals surface area contributed by atoms with Crippen LogP contribution in [0.4, 0.5) is 21.5 Å². The van der Waals surface area contributed by atoms with Gasteiger partial charge in [-0.15, -0.1) is 0 Å². The number of nitro groups is 1. The van der Waals surface area contributed by atoms with Gasteiger partial charge in [0.15, 0.2) is 6.61 Å². The van der Waals surface area contributed by atoms with Crippen molar-refractivity contribution in [3.63, 3.8) is 0 Å². The number of hydrogen-bond acceptors (Lipinski definition) is 6. The molecule has 0 atom stereocenters. The van der Waals surface area contributed by atoms with Crippen molar-refractivity contribution in [2.45, 2.75) is 6.92 Å². The van der Waals surface area contributed by atoms with E-state index in [9.17, 15) is 24.1 Å². The number of nitro benzene ring substituents is 1. The molecule has 2 aromatic carbocycles. The first kappa shape index (κ1) is 18.8. The van der Waals surface area contributed by atoms with Crippen molar-refractivity contribution in [3.05, 3.63) is 63.5 Å². The molecule has 0 aliphatic heterocycles. The van der Waals surface area contributed by atoms with Crippen LogP contribution in [0.2, 0.25) is 0 Å². The Morgan fingerprint density at radius 2 is 1.88 bits per heavy atom. The first-order valence-electron chi connectivity index (χ1n) is 7.51. The van der Waals surface area contributed by atoms with Gasteiger partial charge in [0.2, 0.25) is 0 Å². The second-order valence-corrected chi connectivity index (χ2v) is 5.35. The highest BCUT2D eigenvalue weighted by atomic mass is 19.1. The summed E-state index contributed by atoms with van der Waals surface area (Å²) >= 11 is 0. The number of carbonyl (C=O) groups is 2. The average Bonchev–Trinajstić information content (AvgIpc) is 2.61. The average molecular weight is 361 g/mol. The molecule has 0 saturated heterocycles. The molecule has 9 heteroatoms. The van der Waals surface area contributed by atoms with Gasteiger partial charge in [0.05, 0.1) is 16.2 Å². The van der Waals surface area contributed by atoms with Gasteiger partial charge in [0.25, 0.3) is 11.6 Å². The lowest BCUT2D eigenvalue weighted by Crippen LogP contribution is -2.21. The van der Waals surface area contributed by atoms with Crippen molar-refractivity contribution in [2.75, 3.05) is 24.3 Å². The molecule has 8 nitrogen and oxygen atoms in total. The first-order chi connectivity index (χ1) is 12.3. The van der Waals surface area contributed by atoms with Crippen molar-refractivity contribution in [1.82, 2.24) is 0 Å². The largest absolute Gasteiger partial charge is 0.452 e. The number of carbonyl (C=O) groups excluding carboxylic acids is 2. The van der Waals surface area contributed by atoms with E-state index in [1.54, 1.807) is 13.0 Å². The second kappa shape index (κ2) is 8.06. The SMILES string of the molecule is CNc1ccc(C(=O)OCC(=O)Nc2ccc(C)cc2F)cc1[N+](=O)[O-]. The van der Waals surface area contributed by atoms with Crippen LogP contribution < -0.4 is 10.6 Å². The van der Waals surface area contributed by atoms with E-state index in [0.29, 0.717) is 5.56 Å². The Bertz CT molecular complexity index is 869. The quantitative estimate of drug-likeness (QED) is 0.465. The maximum atomic E-state index is 13.7. The van der Waals surface area contributed by atoms with E-state index in [4.69, 9.17) is 4.74 Å². The number of hydrogen-bond donors (Lipinski definition) is 2. The highest BCUT2D eigenvalue weighted by molar-refractivity contribution is 5.96. The zero-order valence-electron chi connectivity index (χ0n) is 14.0. The minimum absolute atomic E-state index is 0.0364. The molecule has 136 valence electrons. The maximum Gasteiger partial charge on any atom is 0.338 e. The lowest BCUT2D eigenvalue weighted by molar-refractivity contribution is -0.384. The van der Waals surface area contributed by atoms with Crippen LogP contribution in [0.15, 0.2) is 36.4 Å². The molecule has 0 heterocycles. The molecule has 0 bridgehead atoms. The van der Waals surface area contributed by atoms with Gasteiger partial charge in [0, 0.05) is 13.1 Å². The Hall–Kier alpha value is -3.49. The lowest BCUT2D eigenvalue weighted by Gasteiger charge is -2.08. The van der Waals surface area contributed by atoms with Gasteiger partial charge in [0.1, 0.15) is 11.5 Å². The smallest absolute Gasteiger partial charge is 0.338 e. The topological polar surface area (TPSA) is 111 Å². The molecule has 0 spiro atoms. The minimum atomic E-state index is -0.907. The number of nitrogens with zero attached hydrogens (tertiary/aromatic N) is 1. The Morgan fingerprint density at radius 3 is 2.50 bits per heavy atom. The predicted octanol–water partition coefficient (Wildman–Crippen LogP) is 2.88. The second-order valence-electron chi connectivity index (χ2n) is 5.35. The van der Waals surface area contributed by atoms with Gasteiger partial charge in [-0.05, 0) is 36.8 Å². The molecule has 0 aromatic heterocycles. The molecule has 0 radical (unpaired) electrons. The summed E-state index contributed by atoms with van der Waals surface area (Å²) in [5.74, 6) is -2.25. The van der Waals surface area contributed by atoms with Crippen LogP contribution in [0.5, 0.6) is 0 Å². The summed E-state index contributed by atoms with van der Waals surface area (Å²) in [6.07, 6.45) is 0. The normalized spacial score (nSPS) is 10.1. The van der Waals surface area contributed by atoms with Crippen molar-refractivity contribution in [2.24, 2.45) is 0 Å². The molecule has 2 N–H and O–H groups in total. The van der Waals surface area contributed by atoms with Crippen molar-refractivity contribution < 1.29 is 23.6 Å². The molecule has 0 saturated carbocycles. The fourth-order valence-corrected chi connectivity index (χ4v) is 2.14. The fraction of sp³-hybridized carbons (Fsp3) is 0.176. The molecule has 2 aromatic rings. The van der Waals surface area contributed by atoms with Crippen LogP contribution in [0.3, 0.4) is 0 Å². The van der Waals surface area contributed by atoms with E-state index in [2.05, 4.69) is 10.6 Å². The van der Waals surface area contributed by atoms with Crippen molar-refractivity contribution in [3.8, 4) is 0 Å². The number of rotatable bonds is 6. The summed E-state index contributed by atoms with van der Waals surface area (Å²) in [7, 11) is 1.51. The highest BCUT2D eigenvalue weighted by Gasteiger charge is 2.18. The van der Waals surface area contributed by atoms with E-state index in [1.807, 2.05) is 0 Å². The van der Waals surface area contributed by atoms with Gasteiger partial charge in [-0.2, -0.15) is 0 Å². The third-order valence-corrected chi connectivity index (χ3v) is 3.43. The number of aryl methyl sites for hydroxylation is 1. The van der Waals surface area contributed by atoms with Crippen LogP contribution >= 0.6 is 0 Å². The molecule has 0 unspecified atom stereocenters. The van der Waals surface area contributed by atoms with Gasteiger partial charge in [-0.25, -0.2) is 9.18 Å². The third-order valence-electron chi connectivity index (χ3n) is 3.43. The Kier molecular flexibility index (Phi) is 5.84. The summed E-state index contributed by atoms with van der Waals surface area (Å²) in [6, 6.07) is 8.00. The molecule has 0 aliphatic carbocycles. The number of halogens is 1. The van der Waals surface area contributed by atoms with Gasteiger partial charge < -0.3 is 15.4 Å². The van der Waals surface area contributed by atoms with Crippen LogP contribution in [0.1, 0.15) is 15.9 Å². The molecular formula is C17H16FN3O5. The summed E-state index contributed by atoms with van der Waals surface area (Å²) < 4.78 is 18.5. The summed E-state index contributed by atoms with van der Waals surface area (Å²) in [4.78, 5) is 34.1. The maximum absolute atomic E-state index is 13.7. The van der Waals surface area contributed by atoms with Crippen LogP contribution in [0.25, 0.3) is 0 Å². The standard InChI is InChI=1S/C17H16FN3O5/c1-10-3-5-13(12(18)7-10)20-16(22)9-26-17(23)11-4-6-14(19-2)15(8-11)21(24)25/h3-8,19H,9H2,1-2H3,(H,20,22). The van der Waals surface area contributed by atoms with E-state index < -0.39 is 29.2 Å². The number of benzene rings is 2. The third kappa shape index (κ3) is 4.53. The molecule has 2 rings (SSSR count). The summed E-state index contributed by atoms with van der Waals surface area (Å²) in [6.45, 7) is 1.04. The summed E-state index contributed by atoms with van der Waals surface area (Å²) in [5, 5.41) is 15.9. The number of ether oxygens (including phenoxy) is 1. The Balaban J connectivity index is 2.00. The van der Waals surface area contributed by atoms with E-state index in [1.165, 1.54) is 31.3 Å². The van der Waals surface area contributed by atoms with Crippen LogP contribution in [0, 0.1) is 22.9 Å². The number of esters is 1. The van der Waals surface area contributed by atoms with E-state index in [-0.39, 0.29) is 22.6 Å². The highest BCUT2D eigenvalue weighted by Crippen LogP contribution is 2.25. The molecule has 1 amide bonds. The van der Waals surface area contributed by atoms with Gasteiger partial charge in [-0.3, -0.25) is 14.9 Å². The van der Waals surface area contributed by atoms with Crippen molar-refractivity contribution >= 4 is 28.9 Å². The lowest BCUT2D eigenvalue weighted by atomic mass is 10.1. The van der Waals surface area contributed by atoms with Crippen LogP contribution in [-0.2, 0) is 9.53 Å². The van der Waals surface area contributed by atoms with E-state index in [0.717, 1.165) is 6.07 Å². The minimum Gasteiger partial charge on any atom is -0.452 e. The predicted molar refractivity (Wildman–Crippen MR) is 92.7 cm³/mol. The molecular weight excluding hydrogens is 345 g/mol. The molecule has 26 heavy (non-hydrogen) atoms. The Labute approximate surface area is 148 Å². The number of nitrogens with one attached hydrogen (secondary N) is 2. The van der Waals surface area contributed by atoms with Crippen molar-refractivity contribution in [1.29, 1.82) is 0 Å². The summed E-state index contributed by atoms with van der Waals surface area (Å²) in [5.41, 5.74) is 0.515. The molecule has 0 aliphatic rings. The van der Waals surface area contributed by atoms with Gasteiger partial charge >= 0.3 is 5.97 Å².